The summed E-state index contributed by atoms with van der Waals surface area (Å²) < 4.78 is 0. The highest BCUT2D eigenvalue weighted by atomic mass is 16.6. The zero-order valence-electron chi connectivity index (χ0n) is 10.7. The van der Waals surface area contributed by atoms with Gasteiger partial charge in [-0.15, -0.1) is 0 Å². The average molecular weight is 268 g/mol. The number of hydrogen-bond donors (Lipinski definition) is 3. The van der Waals surface area contributed by atoms with Gasteiger partial charge in [0.2, 0.25) is 0 Å². The van der Waals surface area contributed by atoms with E-state index < -0.39 is 16.6 Å². The van der Waals surface area contributed by atoms with Crippen molar-refractivity contribution in [2.24, 2.45) is 5.41 Å². The van der Waals surface area contributed by atoms with E-state index in [-0.39, 0.29) is 17.6 Å². The van der Waals surface area contributed by atoms with Crippen LogP contribution >= 0.6 is 0 Å². The maximum absolute atomic E-state index is 11.0. The van der Waals surface area contributed by atoms with E-state index in [1.807, 2.05) is 13.8 Å². The van der Waals surface area contributed by atoms with Crippen LogP contribution in [0.1, 0.15) is 24.2 Å². The predicted molar refractivity (Wildman–Crippen MR) is 69.4 cm³/mol. The van der Waals surface area contributed by atoms with Gasteiger partial charge in [0.25, 0.3) is 5.69 Å². The molecular weight excluding hydrogens is 252 g/mol. The maximum Gasteiger partial charge on any atom is 0.342 e. The van der Waals surface area contributed by atoms with Crippen LogP contribution in [0, 0.1) is 15.5 Å². The van der Waals surface area contributed by atoms with Crippen molar-refractivity contribution < 1.29 is 19.9 Å². The molecule has 0 heterocycles. The monoisotopic (exact) mass is 268 g/mol. The number of aliphatic hydroxyl groups excluding tert-OH is 1. The third-order valence-electron chi connectivity index (χ3n) is 2.62. The first-order chi connectivity index (χ1) is 8.76. The summed E-state index contributed by atoms with van der Waals surface area (Å²) in [5.41, 5.74) is -0.716. The molecular formula is C12H16N2O5. The van der Waals surface area contributed by atoms with E-state index in [9.17, 15) is 14.9 Å². The topological polar surface area (TPSA) is 113 Å². The van der Waals surface area contributed by atoms with Crippen molar-refractivity contribution in [1.82, 2.24) is 0 Å². The van der Waals surface area contributed by atoms with Gasteiger partial charge in [0.1, 0.15) is 5.56 Å². The molecule has 1 aromatic carbocycles. The number of nitro benzene ring substituents is 1. The lowest BCUT2D eigenvalue weighted by Gasteiger charge is -2.22. The summed E-state index contributed by atoms with van der Waals surface area (Å²) in [4.78, 5) is 20.9. The van der Waals surface area contributed by atoms with Gasteiger partial charge in [-0.25, -0.2) is 4.79 Å². The molecule has 0 atom stereocenters. The zero-order valence-corrected chi connectivity index (χ0v) is 10.7. The number of nitro groups is 1. The Morgan fingerprint density at radius 3 is 2.58 bits per heavy atom. The van der Waals surface area contributed by atoms with Crippen LogP contribution in [-0.4, -0.2) is 34.3 Å². The molecule has 0 aliphatic rings. The van der Waals surface area contributed by atoms with E-state index in [1.165, 1.54) is 12.1 Å². The van der Waals surface area contributed by atoms with Crippen LogP contribution in [0.2, 0.25) is 0 Å². The quantitative estimate of drug-likeness (QED) is 0.535. The number of nitrogens with one attached hydrogen (secondary N) is 1. The Morgan fingerprint density at radius 2 is 2.11 bits per heavy atom. The molecule has 0 aliphatic heterocycles. The molecule has 0 bridgehead atoms. The van der Waals surface area contributed by atoms with Crippen molar-refractivity contribution in [2.45, 2.75) is 13.8 Å². The number of aromatic carboxylic acids is 1. The maximum atomic E-state index is 11.0. The number of benzene rings is 1. The summed E-state index contributed by atoms with van der Waals surface area (Å²) in [5, 5.41) is 31.7. The normalized spacial score (nSPS) is 11.1. The van der Waals surface area contributed by atoms with Gasteiger partial charge in [-0.1, -0.05) is 13.8 Å². The van der Waals surface area contributed by atoms with Gasteiger partial charge in [0, 0.05) is 30.3 Å². The third kappa shape index (κ3) is 3.92. The number of carboxylic acids is 1. The molecule has 0 fully saturated rings. The van der Waals surface area contributed by atoms with Crippen LogP contribution in [0.25, 0.3) is 0 Å². The van der Waals surface area contributed by atoms with Gasteiger partial charge in [-0.3, -0.25) is 10.1 Å². The first kappa shape index (κ1) is 14.9. The fourth-order valence-electron chi connectivity index (χ4n) is 1.37. The molecule has 7 nitrogen and oxygen atoms in total. The Hall–Kier alpha value is -2.15. The average Bonchev–Trinajstić information content (AvgIpc) is 2.36. The number of nitrogens with zero attached hydrogens (tertiary/aromatic N) is 1. The van der Waals surface area contributed by atoms with Crippen LogP contribution in [-0.2, 0) is 0 Å². The first-order valence-corrected chi connectivity index (χ1v) is 5.63. The molecule has 0 spiro atoms. The summed E-state index contributed by atoms with van der Waals surface area (Å²) in [6, 6.07) is 3.81. The van der Waals surface area contributed by atoms with E-state index >= 15 is 0 Å². The van der Waals surface area contributed by atoms with Gasteiger partial charge in [0.05, 0.1) is 4.92 Å². The number of aliphatic hydroxyl groups is 1. The van der Waals surface area contributed by atoms with Gasteiger partial charge >= 0.3 is 5.97 Å². The molecule has 0 aromatic heterocycles. The minimum Gasteiger partial charge on any atom is -0.477 e. The first-order valence-electron chi connectivity index (χ1n) is 5.63. The lowest BCUT2D eigenvalue weighted by Crippen LogP contribution is -2.26. The summed E-state index contributed by atoms with van der Waals surface area (Å²) in [6.45, 7) is 4.06. The third-order valence-corrected chi connectivity index (χ3v) is 2.62. The Labute approximate surface area is 110 Å². The highest BCUT2D eigenvalue weighted by Crippen LogP contribution is 2.24. The molecule has 0 saturated carbocycles. The number of carboxylic acid groups (broad SMARTS) is 1. The lowest BCUT2D eigenvalue weighted by atomic mass is 9.95. The van der Waals surface area contributed by atoms with E-state index in [0.717, 1.165) is 6.07 Å². The SMILES string of the molecule is CC(C)(CO)CNc1ccc([N+](=O)[O-])c(C(=O)O)c1. The van der Waals surface area contributed by atoms with Crippen molar-refractivity contribution in [2.75, 3.05) is 18.5 Å². The molecule has 3 N–H and O–H groups in total. The second-order valence-corrected chi connectivity index (χ2v) is 4.97. The zero-order chi connectivity index (χ0) is 14.6. The number of carbonyl (C=O) groups is 1. The lowest BCUT2D eigenvalue weighted by molar-refractivity contribution is -0.385. The van der Waals surface area contributed by atoms with E-state index in [2.05, 4.69) is 5.32 Å². The van der Waals surface area contributed by atoms with E-state index in [4.69, 9.17) is 10.2 Å². The molecule has 0 radical (unpaired) electrons. The van der Waals surface area contributed by atoms with Crippen molar-refractivity contribution >= 4 is 17.3 Å². The largest absolute Gasteiger partial charge is 0.477 e. The van der Waals surface area contributed by atoms with E-state index in [1.54, 1.807) is 0 Å². The predicted octanol–water partition coefficient (Wildman–Crippen LogP) is 1.72. The second kappa shape index (κ2) is 5.66. The molecule has 1 rings (SSSR count). The van der Waals surface area contributed by atoms with Crippen LogP contribution in [0.15, 0.2) is 18.2 Å². The van der Waals surface area contributed by atoms with Crippen molar-refractivity contribution in [3.63, 3.8) is 0 Å². The van der Waals surface area contributed by atoms with Crippen LogP contribution in [0.5, 0.6) is 0 Å². The fourth-order valence-corrected chi connectivity index (χ4v) is 1.37. The Balaban J connectivity index is 2.97. The summed E-state index contributed by atoms with van der Waals surface area (Å²) >= 11 is 0. The van der Waals surface area contributed by atoms with Crippen LogP contribution in [0.4, 0.5) is 11.4 Å². The minimum absolute atomic E-state index is 0.0290. The van der Waals surface area contributed by atoms with Gasteiger partial charge < -0.3 is 15.5 Å². The summed E-state index contributed by atoms with van der Waals surface area (Å²) in [5.74, 6) is -1.35. The molecule has 0 aliphatic carbocycles. The van der Waals surface area contributed by atoms with E-state index in [0.29, 0.717) is 12.2 Å². The standard InChI is InChI=1S/C12H16N2O5/c1-12(2,7-15)6-13-8-3-4-10(14(18)19)9(5-8)11(16)17/h3-5,13,15H,6-7H2,1-2H3,(H,16,17). The van der Waals surface area contributed by atoms with Crippen molar-refractivity contribution in [3.05, 3.63) is 33.9 Å². The molecule has 0 unspecified atom stereocenters. The summed E-state index contributed by atoms with van der Waals surface area (Å²) in [6.07, 6.45) is 0. The highest BCUT2D eigenvalue weighted by molar-refractivity contribution is 5.93. The smallest absolute Gasteiger partial charge is 0.342 e. The van der Waals surface area contributed by atoms with Crippen LogP contribution in [0.3, 0.4) is 0 Å². The molecule has 0 amide bonds. The molecule has 104 valence electrons. The minimum atomic E-state index is -1.35. The van der Waals surface area contributed by atoms with Gasteiger partial charge in [-0.05, 0) is 12.1 Å². The Bertz CT molecular complexity index is 499. The van der Waals surface area contributed by atoms with Gasteiger partial charge in [-0.2, -0.15) is 0 Å². The Kier molecular flexibility index (Phi) is 4.44. The molecule has 0 saturated heterocycles. The molecule has 7 heteroatoms. The van der Waals surface area contributed by atoms with Crippen molar-refractivity contribution in [3.8, 4) is 0 Å². The number of rotatable bonds is 6. The molecule has 1 aromatic rings. The van der Waals surface area contributed by atoms with Crippen LogP contribution < -0.4 is 5.32 Å². The summed E-state index contributed by atoms with van der Waals surface area (Å²) in [7, 11) is 0. The number of anilines is 1. The van der Waals surface area contributed by atoms with Crippen molar-refractivity contribution in [1.29, 1.82) is 0 Å². The Morgan fingerprint density at radius 1 is 1.47 bits per heavy atom. The molecule has 19 heavy (non-hydrogen) atoms. The van der Waals surface area contributed by atoms with Gasteiger partial charge in [0.15, 0.2) is 0 Å². The second-order valence-electron chi connectivity index (χ2n) is 4.97. The number of hydrogen-bond acceptors (Lipinski definition) is 5. The highest BCUT2D eigenvalue weighted by Gasteiger charge is 2.21. The fraction of sp³-hybridized carbons (Fsp3) is 0.417.